The average molecular weight is 334 g/mol. The first kappa shape index (κ1) is 17.1. The Morgan fingerprint density at radius 3 is 2.17 bits per heavy atom. The molecule has 23 heavy (non-hydrogen) atoms. The van der Waals surface area contributed by atoms with Crippen molar-refractivity contribution in [3.8, 4) is 0 Å². The SMILES string of the molecule is N[C@@H](Cc1ccc(CNS(=O)(=O)c2ccccc2)cc1)C(=O)O. The predicted octanol–water partition coefficient (Wildman–Crippen LogP) is 1.12. The zero-order valence-corrected chi connectivity index (χ0v) is 13.2. The van der Waals surface area contributed by atoms with Crippen molar-refractivity contribution in [2.75, 3.05) is 0 Å². The summed E-state index contributed by atoms with van der Waals surface area (Å²) in [6.07, 6.45) is 0.228. The van der Waals surface area contributed by atoms with Crippen molar-refractivity contribution >= 4 is 16.0 Å². The van der Waals surface area contributed by atoms with Gasteiger partial charge in [-0.1, -0.05) is 42.5 Å². The Hall–Kier alpha value is -2.22. The van der Waals surface area contributed by atoms with Crippen molar-refractivity contribution in [2.24, 2.45) is 5.73 Å². The molecule has 0 bridgehead atoms. The van der Waals surface area contributed by atoms with Gasteiger partial charge in [-0.05, 0) is 29.7 Å². The van der Waals surface area contributed by atoms with Gasteiger partial charge in [-0.2, -0.15) is 0 Å². The van der Waals surface area contributed by atoms with Crippen LogP contribution in [-0.2, 0) is 27.8 Å². The molecule has 0 fully saturated rings. The molecule has 0 heterocycles. The third-order valence-corrected chi connectivity index (χ3v) is 4.73. The molecule has 2 rings (SSSR count). The summed E-state index contributed by atoms with van der Waals surface area (Å²) >= 11 is 0. The van der Waals surface area contributed by atoms with Crippen LogP contribution in [0.25, 0.3) is 0 Å². The molecule has 0 spiro atoms. The topological polar surface area (TPSA) is 109 Å². The Morgan fingerprint density at radius 2 is 1.61 bits per heavy atom. The van der Waals surface area contributed by atoms with Crippen LogP contribution in [0.4, 0.5) is 0 Å². The summed E-state index contributed by atoms with van der Waals surface area (Å²) in [4.78, 5) is 10.9. The third-order valence-electron chi connectivity index (χ3n) is 3.32. The second-order valence-corrected chi connectivity index (χ2v) is 6.87. The molecule has 0 radical (unpaired) electrons. The molecule has 0 saturated heterocycles. The van der Waals surface area contributed by atoms with E-state index in [1.807, 2.05) is 0 Å². The first-order valence-electron chi connectivity index (χ1n) is 6.99. The lowest BCUT2D eigenvalue weighted by atomic mass is 10.0. The van der Waals surface area contributed by atoms with Gasteiger partial charge >= 0.3 is 5.97 Å². The van der Waals surface area contributed by atoms with Gasteiger partial charge < -0.3 is 10.8 Å². The number of nitrogens with two attached hydrogens (primary N) is 1. The Morgan fingerprint density at radius 1 is 1.04 bits per heavy atom. The zero-order chi connectivity index (χ0) is 16.9. The van der Waals surface area contributed by atoms with Gasteiger partial charge in [-0.15, -0.1) is 0 Å². The average Bonchev–Trinajstić information content (AvgIpc) is 2.55. The highest BCUT2D eigenvalue weighted by atomic mass is 32.2. The van der Waals surface area contributed by atoms with E-state index >= 15 is 0 Å². The van der Waals surface area contributed by atoms with Gasteiger partial charge in [0.1, 0.15) is 6.04 Å². The molecule has 0 aliphatic rings. The van der Waals surface area contributed by atoms with Crippen LogP contribution in [0.1, 0.15) is 11.1 Å². The van der Waals surface area contributed by atoms with Crippen LogP contribution in [0.5, 0.6) is 0 Å². The number of carbonyl (C=O) groups is 1. The molecule has 0 amide bonds. The van der Waals surface area contributed by atoms with E-state index in [0.29, 0.717) is 0 Å². The minimum Gasteiger partial charge on any atom is -0.480 e. The van der Waals surface area contributed by atoms with Crippen molar-refractivity contribution in [1.82, 2.24) is 4.72 Å². The standard InChI is InChI=1S/C16H18N2O4S/c17-15(16(19)20)10-12-6-8-13(9-7-12)11-18-23(21,22)14-4-2-1-3-5-14/h1-9,15,18H,10-11,17H2,(H,19,20)/t15-/m0/s1. The van der Waals surface area contributed by atoms with Gasteiger partial charge in [0, 0.05) is 6.54 Å². The molecule has 0 aliphatic carbocycles. The van der Waals surface area contributed by atoms with Gasteiger partial charge in [0.2, 0.25) is 10.0 Å². The molecule has 2 aromatic carbocycles. The summed E-state index contributed by atoms with van der Waals surface area (Å²) in [6, 6.07) is 14.2. The minimum absolute atomic E-state index is 0.155. The Bertz CT molecular complexity index is 758. The first-order valence-corrected chi connectivity index (χ1v) is 8.48. The number of nitrogens with one attached hydrogen (secondary N) is 1. The Kier molecular flexibility index (Phi) is 5.49. The summed E-state index contributed by atoms with van der Waals surface area (Å²) in [7, 11) is -3.55. The van der Waals surface area contributed by atoms with E-state index in [0.717, 1.165) is 11.1 Å². The first-order chi connectivity index (χ1) is 10.9. The van der Waals surface area contributed by atoms with E-state index in [-0.39, 0.29) is 17.9 Å². The lowest BCUT2D eigenvalue weighted by molar-refractivity contribution is -0.138. The largest absolute Gasteiger partial charge is 0.480 e. The molecule has 0 saturated carbocycles. The summed E-state index contributed by atoms with van der Waals surface area (Å²) in [6.45, 7) is 0.155. The van der Waals surface area contributed by atoms with E-state index < -0.39 is 22.0 Å². The molecule has 122 valence electrons. The maximum atomic E-state index is 12.1. The number of aliphatic carboxylic acids is 1. The molecule has 0 aliphatic heterocycles. The lowest BCUT2D eigenvalue weighted by Gasteiger charge is -2.09. The van der Waals surface area contributed by atoms with Crippen LogP contribution in [0, 0.1) is 0 Å². The quantitative estimate of drug-likeness (QED) is 0.703. The van der Waals surface area contributed by atoms with Gasteiger partial charge in [0.25, 0.3) is 0 Å². The van der Waals surface area contributed by atoms with E-state index in [1.54, 1.807) is 42.5 Å². The number of carboxylic acids is 1. The molecule has 2 aromatic rings. The lowest BCUT2D eigenvalue weighted by Crippen LogP contribution is -2.32. The van der Waals surface area contributed by atoms with E-state index in [1.165, 1.54) is 12.1 Å². The van der Waals surface area contributed by atoms with E-state index in [4.69, 9.17) is 10.8 Å². The fourth-order valence-corrected chi connectivity index (χ4v) is 3.03. The fourth-order valence-electron chi connectivity index (χ4n) is 2.00. The van der Waals surface area contributed by atoms with Crippen LogP contribution in [0.15, 0.2) is 59.5 Å². The van der Waals surface area contributed by atoms with Crippen LogP contribution in [-0.4, -0.2) is 25.5 Å². The van der Waals surface area contributed by atoms with Crippen molar-refractivity contribution in [3.05, 3.63) is 65.7 Å². The molecule has 4 N–H and O–H groups in total. The highest BCUT2D eigenvalue weighted by Gasteiger charge is 2.14. The monoisotopic (exact) mass is 334 g/mol. The van der Waals surface area contributed by atoms with Crippen LogP contribution in [0.2, 0.25) is 0 Å². The number of hydrogen-bond acceptors (Lipinski definition) is 4. The Balaban J connectivity index is 1.98. The smallest absolute Gasteiger partial charge is 0.320 e. The molecule has 7 heteroatoms. The molecular formula is C16H18N2O4S. The summed E-state index contributed by atoms with van der Waals surface area (Å²) < 4.78 is 26.7. The minimum atomic E-state index is -3.55. The summed E-state index contributed by atoms with van der Waals surface area (Å²) in [5.74, 6) is -1.05. The highest BCUT2D eigenvalue weighted by molar-refractivity contribution is 7.89. The van der Waals surface area contributed by atoms with Crippen molar-refractivity contribution in [3.63, 3.8) is 0 Å². The van der Waals surface area contributed by atoms with E-state index in [9.17, 15) is 13.2 Å². The number of benzene rings is 2. The second-order valence-electron chi connectivity index (χ2n) is 5.10. The van der Waals surface area contributed by atoms with Gasteiger partial charge in [0.15, 0.2) is 0 Å². The highest BCUT2D eigenvalue weighted by Crippen LogP contribution is 2.10. The van der Waals surface area contributed by atoms with Crippen LogP contribution < -0.4 is 10.5 Å². The number of sulfonamides is 1. The van der Waals surface area contributed by atoms with Crippen molar-refractivity contribution < 1.29 is 18.3 Å². The normalized spacial score (nSPS) is 12.7. The summed E-state index contributed by atoms with van der Waals surface area (Å²) in [5, 5.41) is 8.78. The molecule has 1 atom stereocenters. The molecular weight excluding hydrogens is 316 g/mol. The van der Waals surface area contributed by atoms with Crippen LogP contribution in [0.3, 0.4) is 0 Å². The third kappa shape index (κ3) is 4.88. The number of carboxylic acid groups (broad SMARTS) is 1. The number of rotatable bonds is 7. The molecule has 6 nitrogen and oxygen atoms in total. The maximum Gasteiger partial charge on any atom is 0.320 e. The van der Waals surface area contributed by atoms with Gasteiger partial charge in [-0.25, -0.2) is 13.1 Å². The van der Waals surface area contributed by atoms with Crippen LogP contribution >= 0.6 is 0 Å². The predicted molar refractivity (Wildman–Crippen MR) is 86.2 cm³/mol. The van der Waals surface area contributed by atoms with E-state index in [2.05, 4.69) is 4.72 Å². The van der Waals surface area contributed by atoms with Gasteiger partial charge in [0.05, 0.1) is 4.90 Å². The Labute approximate surface area is 135 Å². The molecule has 0 aromatic heterocycles. The fraction of sp³-hybridized carbons (Fsp3) is 0.188. The second kappa shape index (κ2) is 7.36. The summed E-state index contributed by atoms with van der Waals surface area (Å²) in [5.41, 5.74) is 7.04. The van der Waals surface area contributed by atoms with Crippen molar-refractivity contribution in [2.45, 2.75) is 23.9 Å². The molecule has 0 unspecified atom stereocenters. The van der Waals surface area contributed by atoms with Crippen molar-refractivity contribution in [1.29, 1.82) is 0 Å². The number of hydrogen-bond donors (Lipinski definition) is 3. The zero-order valence-electron chi connectivity index (χ0n) is 12.3. The van der Waals surface area contributed by atoms with Gasteiger partial charge in [-0.3, -0.25) is 4.79 Å². The maximum absolute atomic E-state index is 12.1.